The molecule has 0 amide bonds. The van der Waals surface area contributed by atoms with E-state index in [0.29, 0.717) is 13.2 Å². The van der Waals surface area contributed by atoms with Gasteiger partial charge in [-0.2, -0.15) is 0 Å². The Hall–Kier alpha value is -4.26. The molecule has 2 aliphatic heterocycles. The summed E-state index contributed by atoms with van der Waals surface area (Å²) in [7, 11) is 0. The molecule has 0 atom stereocenters. The van der Waals surface area contributed by atoms with Crippen LogP contribution >= 0.6 is 0 Å². The Morgan fingerprint density at radius 2 is 1.49 bits per heavy atom. The highest BCUT2D eigenvalue weighted by Gasteiger charge is 2.14. The maximum atomic E-state index is 6.08. The highest BCUT2D eigenvalue weighted by atomic mass is 16.5. The topological polar surface area (TPSA) is 80.4 Å². The van der Waals surface area contributed by atoms with E-state index in [2.05, 4.69) is 32.8 Å². The average molecular weight is 467 g/mol. The van der Waals surface area contributed by atoms with E-state index in [0.717, 1.165) is 82.8 Å². The summed E-state index contributed by atoms with van der Waals surface area (Å²) < 4.78 is 17.9. The predicted molar refractivity (Wildman–Crippen MR) is 138 cm³/mol. The molecule has 0 bridgehead atoms. The van der Waals surface area contributed by atoms with Gasteiger partial charge in [-0.1, -0.05) is 12.1 Å². The van der Waals surface area contributed by atoms with E-state index in [1.807, 2.05) is 60.7 Å². The second-order valence-electron chi connectivity index (χ2n) is 8.39. The number of benzene rings is 3. The maximum absolute atomic E-state index is 6.08. The maximum Gasteiger partial charge on any atom is 0.135 e. The van der Waals surface area contributed by atoms with Crippen LogP contribution in [-0.2, 0) is 0 Å². The van der Waals surface area contributed by atoms with Gasteiger partial charge in [-0.15, -0.1) is 0 Å². The van der Waals surface area contributed by atoms with Crippen LogP contribution < -0.4 is 20.1 Å². The summed E-state index contributed by atoms with van der Waals surface area (Å²) in [5.74, 6) is 4.27. The van der Waals surface area contributed by atoms with E-state index in [1.54, 1.807) is 0 Å². The van der Waals surface area contributed by atoms with Crippen LogP contribution in [0.2, 0.25) is 0 Å². The first-order valence-electron chi connectivity index (χ1n) is 11.9. The monoisotopic (exact) mass is 466 g/mol. The number of hydrogen-bond acceptors (Lipinski definition) is 7. The summed E-state index contributed by atoms with van der Waals surface area (Å²) in [6, 6.07) is 24.1. The zero-order chi connectivity index (χ0) is 23.5. The van der Waals surface area contributed by atoms with Gasteiger partial charge in [0.2, 0.25) is 0 Å². The summed E-state index contributed by atoms with van der Waals surface area (Å²) in [6.07, 6.45) is 0. The minimum atomic E-state index is 0.443. The van der Waals surface area contributed by atoms with Crippen molar-refractivity contribution in [1.29, 1.82) is 0 Å². The molecule has 0 radical (unpaired) electrons. The lowest BCUT2D eigenvalue weighted by Gasteiger charge is -2.12. The molecule has 0 saturated heterocycles. The Balaban J connectivity index is 1.07. The minimum Gasteiger partial charge on any atom is -0.490 e. The summed E-state index contributed by atoms with van der Waals surface area (Å²) in [5.41, 5.74) is 3.93. The molecule has 6 rings (SSSR count). The van der Waals surface area contributed by atoms with Gasteiger partial charge in [0, 0.05) is 29.6 Å². The molecule has 2 N–H and O–H groups in total. The molecule has 3 heterocycles. The molecule has 176 valence electrons. The molecule has 0 aliphatic carbocycles. The molecule has 4 aromatic rings. The van der Waals surface area contributed by atoms with Crippen molar-refractivity contribution in [3.63, 3.8) is 0 Å². The number of nitrogens with zero attached hydrogens (tertiary/aromatic N) is 2. The minimum absolute atomic E-state index is 0.443. The highest BCUT2D eigenvalue weighted by Crippen LogP contribution is 2.30. The molecule has 7 nitrogen and oxygen atoms in total. The van der Waals surface area contributed by atoms with Crippen LogP contribution in [0.15, 0.2) is 87.2 Å². The van der Waals surface area contributed by atoms with E-state index in [-0.39, 0.29) is 0 Å². The highest BCUT2D eigenvalue weighted by molar-refractivity contribution is 6.03. The van der Waals surface area contributed by atoms with Gasteiger partial charge in [0.15, 0.2) is 0 Å². The Morgan fingerprint density at radius 3 is 2.29 bits per heavy atom. The lowest BCUT2D eigenvalue weighted by Crippen LogP contribution is -2.20. The number of furan rings is 1. The van der Waals surface area contributed by atoms with Crippen molar-refractivity contribution < 1.29 is 13.9 Å². The molecule has 2 aliphatic rings. The number of ether oxygens (including phenoxy) is 2. The Kier molecular flexibility index (Phi) is 5.80. The zero-order valence-corrected chi connectivity index (χ0v) is 19.3. The van der Waals surface area contributed by atoms with Crippen molar-refractivity contribution >= 4 is 22.6 Å². The standard InChI is InChI=1S/C28H26N4O3/c1-2-4-25(23(3-1)28-31-13-14-32-28)34-16-15-33-22-8-5-19(6-9-22)26-18-21-17-20(7-10-24(21)35-26)27-29-11-12-30-27/h1-10,17-18H,11-16H2,(H,29,30)(H,31,32). The fourth-order valence-electron chi connectivity index (χ4n) is 4.32. The molecule has 35 heavy (non-hydrogen) atoms. The summed E-state index contributed by atoms with van der Waals surface area (Å²) >= 11 is 0. The van der Waals surface area contributed by atoms with Gasteiger partial charge in [0.05, 0.1) is 18.7 Å². The van der Waals surface area contributed by atoms with Crippen molar-refractivity contribution in [1.82, 2.24) is 10.6 Å². The summed E-state index contributed by atoms with van der Waals surface area (Å²) in [4.78, 5) is 8.99. The number of aliphatic imine (C=N–C) groups is 2. The van der Waals surface area contributed by atoms with Gasteiger partial charge >= 0.3 is 0 Å². The SMILES string of the molecule is c1ccc(C2=NCCN2)c(OCCOc2ccc(-c3cc4cc(C5=NCCN5)ccc4o3)cc2)c1. The van der Waals surface area contributed by atoms with Gasteiger partial charge < -0.3 is 24.5 Å². The molecule has 7 heteroatoms. The second-order valence-corrected chi connectivity index (χ2v) is 8.39. The number of nitrogens with one attached hydrogen (secondary N) is 2. The van der Waals surface area contributed by atoms with Gasteiger partial charge in [-0.25, -0.2) is 0 Å². The number of para-hydroxylation sites is 1. The molecule has 0 saturated carbocycles. The Bertz CT molecular complexity index is 1410. The normalized spacial score (nSPS) is 14.9. The van der Waals surface area contributed by atoms with Gasteiger partial charge in [0.1, 0.15) is 47.7 Å². The van der Waals surface area contributed by atoms with E-state index in [1.165, 1.54) is 0 Å². The lowest BCUT2D eigenvalue weighted by molar-refractivity contribution is 0.217. The van der Waals surface area contributed by atoms with Gasteiger partial charge in [-0.3, -0.25) is 9.98 Å². The quantitative estimate of drug-likeness (QED) is 0.380. The smallest absolute Gasteiger partial charge is 0.135 e. The van der Waals surface area contributed by atoms with Crippen LogP contribution in [0.3, 0.4) is 0 Å². The van der Waals surface area contributed by atoms with Crippen LogP contribution in [0.5, 0.6) is 11.5 Å². The fraction of sp³-hybridized carbons (Fsp3) is 0.214. The van der Waals surface area contributed by atoms with Gasteiger partial charge in [0.25, 0.3) is 0 Å². The van der Waals surface area contributed by atoms with Crippen molar-refractivity contribution in [2.45, 2.75) is 0 Å². The largest absolute Gasteiger partial charge is 0.490 e. The molecule has 3 aromatic carbocycles. The first-order valence-corrected chi connectivity index (χ1v) is 11.9. The van der Waals surface area contributed by atoms with E-state index >= 15 is 0 Å². The zero-order valence-electron chi connectivity index (χ0n) is 19.3. The van der Waals surface area contributed by atoms with Gasteiger partial charge in [-0.05, 0) is 60.7 Å². The third-order valence-corrected chi connectivity index (χ3v) is 6.03. The Morgan fingerprint density at radius 1 is 0.743 bits per heavy atom. The lowest BCUT2D eigenvalue weighted by atomic mass is 10.1. The third kappa shape index (κ3) is 4.57. The number of fused-ring (bicyclic) bond motifs is 1. The molecule has 1 aromatic heterocycles. The van der Waals surface area contributed by atoms with Crippen LogP contribution in [0.4, 0.5) is 0 Å². The van der Waals surface area contributed by atoms with Crippen LogP contribution in [0, 0.1) is 0 Å². The molecular weight excluding hydrogens is 440 g/mol. The first-order chi connectivity index (χ1) is 17.3. The average Bonchev–Trinajstić information content (AvgIpc) is 3.68. The summed E-state index contributed by atoms with van der Waals surface area (Å²) in [5, 5.41) is 7.67. The van der Waals surface area contributed by atoms with Crippen LogP contribution in [0.25, 0.3) is 22.3 Å². The Labute approximate surface area is 203 Å². The first kappa shape index (κ1) is 21.3. The van der Waals surface area contributed by atoms with Crippen molar-refractivity contribution in [3.8, 4) is 22.8 Å². The van der Waals surface area contributed by atoms with E-state index < -0.39 is 0 Å². The molecular formula is C28H26N4O3. The van der Waals surface area contributed by atoms with Crippen LogP contribution in [0.1, 0.15) is 11.1 Å². The van der Waals surface area contributed by atoms with Crippen molar-refractivity contribution in [2.75, 3.05) is 39.4 Å². The predicted octanol–water partition coefficient (Wildman–Crippen LogP) is 4.26. The number of rotatable bonds is 8. The molecule has 0 spiro atoms. The molecule has 0 fully saturated rings. The van der Waals surface area contributed by atoms with E-state index in [9.17, 15) is 0 Å². The van der Waals surface area contributed by atoms with E-state index in [4.69, 9.17) is 13.9 Å². The number of hydrogen-bond donors (Lipinski definition) is 2. The van der Waals surface area contributed by atoms with Crippen molar-refractivity contribution in [3.05, 3.63) is 83.9 Å². The van der Waals surface area contributed by atoms with Crippen molar-refractivity contribution in [2.24, 2.45) is 9.98 Å². The van der Waals surface area contributed by atoms with Crippen LogP contribution in [-0.4, -0.2) is 51.1 Å². The molecule has 0 unspecified atom stereocenters. The third-order valence-electron chi connectivity index (χ3n) is 6.03. The second kappa shape index (κ2) is 9.54. The number of amidine groups is 2. The fourth-order valence-corrected chi connectivity index (χ4v) is 4.32. The summed E-state index contributed by atoms with van der Waals surface area (Å²) in [6.45, 7) is 4.27.